The van der Waals surface area contributed by atoms with Gasteiger partial charge in [-0.05, 0) is 90.0 Å². The fourth-order valence-corrected chi connectivity index (χ4v) is 7.33. The Hall–Kier alpha value is -7.23. The molecule has 3 heteroatoms. The number of hydrogen-bond acceptors (Lipinski definition) is 3. The molecular formula is C51H33N3. The molecular weight excluding hydrogens is 655 g/mol. The summed E-state index contributed by atoms with van der Waals surface area (Å²) in [4.78, 5) is 15.2. The van der Waals surface area contributed by atoms with Crippen molar-refractivity contribution in [2.24, 2.45) is 0 Å². The quantitative estimate of drug-likeness (QED) is 0.175. The minimum absolute atomic E-state index is 0.648. The number of aromatic nitrogens is 3. The minimum atomic E-state index is 0.648. The molecule has 10 rings (SSSR count). The lowest BCUT2D eigenvalue weighted by Crippen LogP contribution is -2.00. The van der Waals surface area contributed by atoms with Crippen LogP contribution in [0.5, 0.6) is 0 Å². The molecule has 252 valence electrons. The van der Waals surface area contributed by atoms with Gasteiger partial charge in [0, 0.05) is 16.7 Å². The maximum absolute atomic E-state index is 5.07. The van der Waals surface area contributed by atoms with Gasteiger partial charge in [-0.15, -0.1) is 0 Å². The Bertz CT molecular complexity index is 2870. The first kappa shape index (κ1) is 31.5. The van der Waals surface area contributed by atoms with Gasteiger partial charge in [0.05, 0.1) is 0 Å². The molecule has 0 radical (unpaired) electrons. The lowest BCUT2D eigenvalue weighted by atomic mass is 9.96. The number of benzene rings is 9. The summed E-state index contributed by atoms with van der Waals surface area (Å²) >= 11 is 0. The van der Waals surface area contributed by atoms with Gasteiger partial charge < -0.3 is 0 Å². The van der Waals surface area contributed by atoms with Crippen LogP contribution in [0.1, 0.15) is 0 Å². The van der Waals surface area contributed by atoms with Gasteiger partial charge >= 0.3 is 0 Å². The first-order valence-electron chi connectivity index (χ1n) is 18.3. The van der Waals surface area contributed by atoms with Crippen molar-refractivity contribution in [1.29, 1.82) is 0 Å². The molecule has 0 bridgehead atoms. The minimum Gasteiger partial charge on any atom is -0.208 e. The van der Waals surface area contributed by atoms with Gasteiger partial charge in [0.1, 0.15) is 0 Å². The highest BCUT2D eigenvalue weighted by atomic mass is 15.0. The van der Waals surface area contributed by atoms with Crippen LogP contribution in [0.25, 0.3) is 99.9 Å². The Morgan fingerprint density at radius 3 is 0.870 bits per heavy atom. The predicted octanol–water partition coefficient (Wildman–Crippen LogP) is 13.3. The highest BCUT2D eigenvalue weighted by Crippen LogP contribution is 2.33. The van der Waals surface area contributed by atoms with E-state index in [1.807, 2.05) is 0 Å². The van der Waals surface area contributed by atoms with E-state index in [1.165, 1.54) is 44.2 Å². The molecule has 0 saturated heterocycles. The van der Waals surface area contributed by atoms with Crippen molar-refractivity contribution in [3.63, 3.8) is 0 Å². The number of rotatable bonds is 6. The average molecular weight is 688 g/mol. The average Bonchev–Trinajstić information content (AvgIpc) is 3.26. The topological polar surface area (TPSA) is 38.7 Å². The predicted molar refractivity (Wildman–Crippen MR) is 225 cm³/mol. The molecule has 0 aliphatic heterocycles. The van der Waals surface area contributed by atoms with Crippen LogP contribution in [0.4, 0.5) is 0 Å². The maximum Gasteiger partial charge on any atom is 0.164 e. The summed E-state index contributed by atoms with van der Waals surface area (Å²) in [6.07, 6.45) is 0. The molecule has 0 unspecified atom stereocenters. The summed E-state index contributed by atoms with van der Waals surface area (Å²) in [6, 6.07) is 70.8. The molecule has 3 nitrogen and oxygen atoms in total. The van der Waals surface area contributed by atoms with E-state index in [1.54, 1.807) is 0 Å². The van der Waals surface area contributed by atoms with Crippen LogP contribution in [-0.2, 0) is 0 Å². The van der Waals surface area contributed by atoms with E-state index in [9.17, 15) is 0 Å². The van der Waals surface area contributed by atoms with Crippen LogP contribution in [0.15, 0.2) is 200 Å². The zero-order chi connectivity index (χ0) is 35.8. The summed E-state index contributed by atoms with van der Waals surface area (Å²) in [7, 11) is 0. The Morgan fingerprint density at radius 1 is 0.185 bits per heavy atom. The highest BCUT2D eigenvalue weighted by molar-refractivity contribution is 5.92. The lowest BCUT2D eigenvalue weighted by molar-refractivity contribution is 1.08. The van der Waals surface area contributed by atoms with Crippen LogP contribution in [0.3, 0.4) is 0 Å². The summed E-state index contributed by atoms with van der Waals surface area (Å²) in [6.45, 7) is 0. The van der Waals surface area contributed by atoms with Crippen molar-refractivity contribution < 1.29 is 0 Å². The van der Waals surface area contributed by atoms with Crippen LogP contribution in [0.2, 0.25) is 0 Å². The Morgan fingerprint density at radius 2 is 0.444 bits per heavy atom. The smallest absolute Gasteiger partial charge is 0.164 e. The molecule has 0 aliphatic carbocycles. The molecule has 0 amide bonds. The van der Waals surface area contributed by atoms with E-state index in [2.05, 4.69) is 200 Å². The van der Waals surface area contributed by atoms with Gasteiger partial charge in [0.2, 0.25) is 0 Å². The third-order valence-corrected chi connectivity index (χ3v) is 10.3. The van der Waals surface area contributed by atoms with Crippen molar-refractivity contribution in [1.82, 2.24) is 15.0 Å². The van der Waals surface area contributed by atoms with Gasteiger partial charge in [-0.1, -0.05) is 176 Å². The van der Waals surface area contributed by atoms with Crippen molar-refractivity contribution in [3.05, 3.63) is 200 Å². The van der Waals surface area contributed by atoms with Gasteiger partial charge in [0.25, 0.3) is 0 Å². The van der Waals surface area contributed by atoms with Crippen LogP contribution in [0, 0.1) is 0 Å². The molecule has 0 spiro atoms. The van der Waals surface area contributed by atoms with Crippen LogP contribution < -0.4 is 0 Å². The third kappa shape index (κ3) is 6.08. The normalized spacial score (nSPS) is 11.3. The molecule has 1 heterocycles. The van der Waals surface area contributed by atoms with Crippen molar-refractivity contribution >= 4 is 32.3 Å². The van der Waals surface area contributed by atoms with Crippen molar-refractivity contribution in [2.45, 2.75) is 0 Å². The van der Waals surface area contributed by atoms with E-state index in [0.29, 0.717) is 17.5 Å². The Balaban J connectivity index is 0.982. The molecule has 1 aromatic heterocycles. The third-order valence-electron chi connectivity index (χ3n) is 10.3. The summed E-state index contributed by atoms with van der Waals surface area (Å²) in [5.74, 6) is 1.95. The summed E-state index contributed by atoms with van der Waals surface area (Å²) in [5.41, 5.74) is 10.1. The number of hydrogen-bond donors (Lipinski definition) is 0. The van der Waals surface area contributed by atoms with Crippen LogP contribution in [-0.4, -0.2) is 15.0 Å². The molecule has 0 fully saturated rings. The second-order valence-corrected chi connectivity index (χ2v) is 13.7. The Labute approximate surface area is 313 Å². The van der Waals surface area contributed by atoms with E-state index < -0.39 is 0 Å². The van der Waals surface area contributed by atoms with Gasteiger partial charge in [-0.25, -0.2) is 15.0 Å². The molecule has 0 aliphatic rings. The molecule has 0 atom stereocenters. The molecule has 10 aromatic rings. The summed E-state index contributed by atoms with van der Waals surface area (Å²) < 4.78 is 0. The van der Waals surface area contributed by atoms with Gasteiger partial charge in [-0.2, -0.15) is 0 Å². The zero-order valence-corrected chi connectivity index (χ0v) is 29.4. The van der Waals surface area contributed by atoms with Gasteiger partial charge in [0.15, 0.2) is 17.5 Å². The largest absolute Gasteiger partial charge is 0.208 e. The van der Waals surface area contributed by atoms with Gasteiger partial charge in [-0.3, -0.25) is 0 Å². The van der Waals surface area contributed by atoms with Crippen molar-refractivity contribution in [2.75, 3.05) is 0 Å². The fraction of sp³-hybridized carbons (Fsp3) is 0. The molecule has 54 heavy (non-hydrogen) atoms. The van der Waals surface area contributed by atoms with E-state index in [-0.39, 0.29) is 0 Å². The maximum atomic E-state index is 5.07. The monoisotopic (exact) mass is 687 g/mol. The van der Waals surface area contributed by atoms with E-state index in [4.69, 9.17) is 15.0 Å². The molecule has 9 aromatic carbocycles. The molecule has 0 saturated carbocycles. The summed E-state index contributed by atoms with van der Waals surface area (Å²) in [5, 5.41) is 6.96. The SMILES string of the molecule is c1ccc(-c2ccc(-c3ccc(-c4ccc5cc(-c6nc(-c7ccc8ccccc8c7)nc(-c7ccc8ccccc8c7)n6)ccc5c4)cc3)cc2)cc1. The second kappa shape index (κ2) is 13.4. The zero-order valence-electron chi connectivity index (χ0n) is 29.4. The molecule has 0 N–H and O–H groups in total. The lowest BCUT2D eigenvalue weighted by Gasteiger charge is -2.11. The number of nitrogens with zero attached hydrogens (tertiary/aromatic N) is 3. The highest BCUT2D eigenvalue weighted by Gasteiger charge is 2.14. The second-order valence-electron chi connectivity index (χ2n) is 13.7. The van der Waals surface area contributed by atoms with Crippen LogP contribution >= 0.6 is 0 Å². The standard InChI is InChI=1S/C51H33N3/c1-2-8-34(9-3-1)37-14-16-38(17-15-37)39-18-20-40(21-19-39)43-24-25-45-33-48(29-26-44(45)30-43)51-53-49(46-27-22-35-10-4-6-12-41(35)31-46)52-50(54-51)47-28-23-36-11-5-7-13-42(36)32-47/h1-33H. The van der Waals surface area contributed by atoms with E-state index >= 15 is 0 Å². The first-order valence-corrected chi connectivity index (χ1v) is 18.3. The van der Waals surface area contributed by atoms with E-state index in [0.717, 1.165) is 38.2 Å². The number of fused-ring (bicyclic) bond motifs is 3. The Kier molecular flexibility index (Phi) is 7.81. The first-order chi connectivity index (χ1) is 26.7. The van der Waals surface area contributed by atoms with Crippen molar-refractivity contribution in [3.8, 4) is 67.5 Å². The fourth-order valence-electron chi connectivity index (χ4n) is 7.33.